The summed E-state index contributed by atoms with van der Waals surface area (Å²) in [4.78, 5) is 7.33. The number of aromatic nitrogens is 2. The van der Waals surface area contributed by atoms with Gasteiger partial charge >= 0.3 is 0 Å². The summed E-state index contributed by atoms with van der Waals surface area (Å²) in [6.45, 7) is 3.99. The first-order valence-corrected chi connectivity index (χ1v) is 3.95. The molecule has 4 nitrogen and oxygen atoms in total. The highest BCUT2D eigenvalue weighted by Crippen LogP contribution is 1.97. The van der Waals surface area contributed by atoms with E-state index in [0.29, 0.717) is 11.9 Å². The minimum absolute atomic E-state index is 0.290. The zero-order valence-corrected chi connectivity index (χ0v) is 7.53. The highest BCUT2D eigenvalue weighted by atomic mass is 19.1. The zero-order chi connectivity index (χ0) is 9.68. The van der Waals surface area contributed by atoms with Gasteiger partial charge in [0.2, 0.25) is 5.95 Å². The molecule has 0 spiro atoms. The van der Waals surface area contributed by atoms with Crippen molar-refractivity contribution < 1.29 is 4.39 Å². The summed E-state index contributed by atoms with van der Waals surface area (Å²) in [5.41, 5.74) is 2.58. The largest absolute Gasteiger partial charge is 0.246 e. The van der Waals surface area contributed by atoms with Crippen molar-refractivity contribution >= 4 is 12.2 Å². The van der Waals surface area contributed by atoms with Gasteiger partial charge in [-0.15, -0.1) is 0 Å². The van der Waals surface area contributed by atoms with Crippen molar-refractivity contribution in [2.75, 3.05) is 5.43 Å². The van der Waals surface area contributed by atoms with Crippen molar-refractivity contribution in [3.8, 4) is 0 Å². The lowest BCUT2D eigenvalue weighted by molar-refractivity contribution is 0.614. The molecule has 1 N–H and O–H groups in total. The first kappa shape index (κ1) is 9.57. The standard InChI is InChI=1S/C8H11FN4/c1-6(2)3-12-13-8-10-4-7(9)5-11-8/h3-6H,1-2H3,(H,10,11,13)/b12-3+. The number of nitrogens with one attached hydrogen (secondary N) is 1. The van der Waals surface area contributed by atoms with Crippen molar-refractivity contribution in [1.82, 2.24) is 9.97 Å². The van der Waals surface area contributed by atoms with Gasteiger partial charge in [0.25, 0.3) is 0 Å². The van der Waals surface area contributed by atoms with Crippen molar-refractivity contribution in [1.29, 1.82) is 0 Å². The smallest absolute Gasteiger partial charge is 0.243 e. The molecule has 0 fully saturated rings. The Balaban J connectivity index is 2.50. The van der Waals surface area contributed by atoms with E-state index in [1.807, 2.05) is 13.8 Å². The Morgan fingerprint density at radius 1 is 1.46 bits per heavy atom. The molecule has 1 aromatic heterocycles. The fourth-order valence-electron chi connectivity index (χ4n) is 0.614. The van der Waals surface area contributed by atoms with Crippen molar-refractivity contribution in [3.05, 3.63) is 18.2 Å². The molecule has 13 heavy (non-hydrogen) atoms. The van der Waals surface area contributed by atoms with E-state index in [0.717, 1.165) is 12.4 Å². The monoisotopic (exact) mass is 182 g/mol. The second kappa shape index (κ2) is 4.49. The molecule has 0 aliphatic carbocycles. The summed E-state index contributed by atoms with van der Waals surface area (Å²) in [6, 6.07) is 0. The molecule has 70 valence electrons. The first-order chi connectivity index (χ1) is 6.18. The van der Waals surface area contributed by atoms with Crippen LogP contribution in [0.5, 0.6) is 0 Å². The van der Waals surface area contributed by atoms with Gasteiger partial charge in [0.1, 0.15) is 0 Å². The van der Waals surface area contributed by atoms with E-state index in [1.54, 1.807) is 6.21 Å². The molecule has 0 aliphatic rings. The van der Waals surface area contributed by atoms with E-state index in [-0.39, 0.29) is 0 Å². The third-order valence-corrected chi connectivity index (χ3v) is 1.16. The van der Waals surface area contributed by atoms with Gasteiger partial charge in [0.05, 0.1) is 12.4 Å². The Bertz CT molecular complexity index is 281. The van der Waals surface area contributed by atoms with Crippen LogP contribution in [0.4, 0.5) is 10.3 Å². The van der Waals surface area contributed by atoms with Gasteiger partial charge in [-0.2, -0.15) is 5.10 Å². The number of halogens is 1. The minimum atomic E-state index is -0.460. The van der Waals surface area contributed by atoms with Crippen molar-refractivity contribution in [2.45, 2.75) is 13.8 Å². The van der Waals surface area contributed by atoms with Crippen LogP contribution < -0.4 is 5.43 Å². The first-order valence-electron chi connectivity index (χ1n) is 3.95. The molecule has 0 amide bonds. The predicted molar refractivity (Wildman–Crippen MR) is 48.9 cm³/mol. The molecule has 0 bridgehead atoms. The van der Waals surface area contributed by atoms with Gasteiger partial charge in [0.15, 0.2) is 5.82 Å². The summed E-state index contributed by atoms with van der Waals surface area (Å²) in [5.74, 6) is 0.185. The van der Waals surface area contributed by atoms with Crippen LogP contribution in [0.15, 0.2) is 17.5 Å². The Kier molecular flexibility index (Phi) is 3.31. The zero-order valence-electron chi connectivity index (χ0n) is 7.53. The Morgan fingerprint density at radius 2 is 2.08 bits per heavy atom. The third-order valence-electron chi connectivity index (χ3n) is 1.16. The molecule has 0 aliphatic heterocycles. The van der Waals surface area contributed by atoms with Gasteiger partial charge in [0, 0.05) is 6.21 Å². The molecule has 1 rings (SSSR count). The van der Waals surface area contributed by atoms with Crippen molar-refractivity contribution in [3.63, 3.8) is 0 Å². The second-order valence-corrected chi connectivity index (χ2v) is 2.86. The number of hydrazone groups is 1. The molecule has 0 saturated heterocycles. The molecule has 5 heteroatoms. The number of hydrogen-bond donors (Lipinski definition) is 1. The summed E-state index contributed by atoms with van der Waals surface area (Å²) in [5, 5.41) is 3.85. The highest BCUT2D eigenvalue weighted by molar-refractivity contribution is 5.60. The normalized spacial score (nSPS) is 11.1. The number of rotatable bonds is 3. The van der Waals surface area contributed by atoms with Crippen LogP contribution in [-0.4, -0.2) is 16.2 Å². The molecule has 0 unspecified atom stereocenters. The SMILES string of the molecule is CC(C)/C=N/Nc1ncc(F)cn1. The van der Waals surface area contributed by atoms with Crippen LogP contribution in [0.1, 0.15) is 13.8 Å². The van der Waals surface area contributed by atoms with Crippen LogP contribution in [0.2, 0.25) is 0 Å². The highest BCUT2D eigenvalue weighted by Gasteiger charge is 1.93. The number of anilines is 1. The Morgan fingerprint density at radius 3 is 2.62 bits per heavy atom. The van der Waals surface area contributed by atoms with Gasteiger partial charge in [-0.3, -0.25) is 0 Å². The van der Waals surface area contributed by atoms with Crippen LogP contribution in [-0.2, 0) is 0 Å². The molecular weight excluding hydrogens is 171 g/mol. The van der Waals surface area contributed by atoms with E-state index in [1.165, 1.54) is 0 Å². The lowest BCUT2D eigenvalue weighted by Crippen LogP contribution is -1.98. The average molecular weight is 182 g/mol. The Labute approximate surface area is 75.9 Å². The maximum atomic E-state index is 12.3. The lowest BCUT2D eigenvalue weighted by Gasteiger charge is -1.97. The van der Waals surface area contributed by atoms with Gasteiger partial charge in [-0.1, -0.05) is 13.8 Å². The molecular formula is C8H11FN4. The molecule has 1 aromatic rings. The van der Waals surface area contributed by atoms with Gasteiger partial charge in [-0.05, 0) is 5.92 Å². The molecule has 1 heterocycles. The van der Waals surface area contributed by atoms with Gasteiger partial charge in [-0.25, -0.2) is 19.8 Å². The molecule has 0 atom stereocenters. The third kappa shape index (κ3) is 3.59. The van der Waals surface area contributed by atoms with Crippen molar-refractivity contribution in [2.24, 2.45) is 11.0 Å². The van der Waals surface area contributed by atoms with E-state index >= 15 is 0 Å². The van der Waals surface area contributed by atoms with Crippen LogP contribution in [0, 0.1) is 11.7 Å². The number of nitrogens with zero attached hydrogens (tertiary/aromatic N) is 3. The average Bonchev–Trinajstić information content (AvgIpc) is 2.08. The van der Waals surface area contributed by atoms with E-state index in [9.17, 15) is 4.39 Å². The summed E-state index contributed by atoms with van der Waals surface area (Å²) in [6.07, 6.45) is 3.88. The lowest BCUT2D eigenvalue weighted by atomic mass is 10.3. The van der Waals surface area contributed by atoms with Gasteiger partial charge < -0.3 is 0 Å². The topological polar surface area (TPSA) is 50.2 Å². The Hall–Kier alpha value is -1.52. The second-order valence-electron chi connectivity index (χ2n) is 2.86. The molecule has 0 aromatic carbocycles. The van der Waals surface area contributed by atoms with Crippen LogP contribution >= 0.6 is 0 Å². The predicted octanol–water partition coefficient (Wildman–Crippen LogP) is 1.67. The van der Waals surface area contributed by atoms with E-state index < -0.39 is 5.82 Å². The van der Waals surface area contributed by atoms with E-state index in [4.69, 9.17) is 0 Å². The quantitative estimate of drug-likeness (QED) is 0.571. The molecule has 0 saturated carbocycles. The summed E-state index contributed by atoms with van der Waals surface area (Å²) < 4.78 is 12.3. The van der Waals surface area contributed by atoms with Crippen LogP contribution in [0.3, 0.4) is 0 Å². The van der Waals surface area contributed by atoms with E-state index in [2.05, 4.69) is 20.5 Å². The maximum Gasteiger partial charge on any atom is 0.243 e. The maximum absolute atomic E-state index is 12.3. The minimum Gasteiger partial charge on any atom is -0.246 e. The fraction of sp³-hybridized carbons (Fsp3) is 0.375. The fourth-order valence-corrected chi connectivity index (χ4v) is 0.614. The molecule has 0 radical (unpaired) electrons. The summed E-state index contributed by atoms with van der Waals surface area (Å²) in [7, 11) is 0. The van der Waals surface area contributed by atoms with Crippen LogP contribution in [0.25, 0.3) is 0 Å². The number of hydrogen-bond acceptors (Lipinski definition) is 4. The summed E-state index contributed by atoms with van der Waals surface area (Å²) >= 11 is 0.